The van der Waals surface area contributed by atoms with Crippen molar-refractivity contribution in [3.05, 3.63) is 11.6 Å². The van der Waals surface area contributed by atoms with Gasteiger partial charge >= 0.3 is 17.9 Å². The zero-order valence-electron chi connectivity index (χ0n) is 17.8. The second-order valence-corrected chi connectivity index (χ2v) is 8.16. The van der Waals surface area contributed by atoms with Crippen molar-refractivity contribution in [3.63, 3.8) is 0 Å². The summed E-state index contributed by atoms with van der Waals surface area (Å²) in [6, 6.07) is 0. The lowest BCUT2D eigenvalue weighted by Gasteiger charge is -2.25. The number of rotatable bonds is 10. The fourth-order valence-electron chi connectivity index (χ4n) is 2.86. The molecule has 0 spiro atoms. The fraction of sp³-hybridized carbons (Fsp3) is 0.762. The van der Waals surface area contributed by atoms with Gasteiger partial charge in [-0.1, -0.05) is 47.6 Å². The van der Waals surface area contributed by atoms with Crippen LogP contribution < -0.4 is 0 Å². The number of ether oxygens (including phenoxy) is 3. The highest BCUT2D eigenvalue weighted by Gasteiger charge is 2.37. The van der Waals surface area contributed by atoms with Gasteiger partial charge in [-0.25, -0.2) is 0 Å². The van der Waals surface area contributed by atoms with Gasteiger partial charge in [0.1, 0.15) is 6.61 Å². The van der Waals surface area contributed by atoms with E-state index in [9.17, 15) is 19.5 Å². The molecule has 7 nitrogen and oxygen atoms in total. The third kappa shape index (κ3) is 7.26. The van der Waals surface area contributed by atoms with Crippen LogP contribution >= 0.6 is 0 Å². The number of esters is 3. The number of aliphatic hydroxyl groups is 1. The molecule has 3 atom stereocenters. The molecule has 0 saturated carbocycles. The van der Waals surface area contributed by atoms with Crippen LogP contribution in [0.2, 0.25) is 0 Å². The number of aliphatic hydroxyl groups excluding tert-OH is 1. The molecule has 1 aliphatic carbocycles. The summed E-state index contributed by atoms with van der Waals surface area (Å²) >= 11 is 0. The maximum Gasteiger partial charge on any atom is 0.308 e. The van der Waals surface area contributed by atoms with Crippen LogP contribution in [0.3, 0.4) is 0 Å². The van der Waals surface area contributed by atoms with Crippen molar-refractivity contribution in [1.29, 1.82) is 0 Å². The Balaban J connectivity index is 2.77. The third-order valence-electron chi connectivity index (χ3n) is 4.71. The molecule has 0 heterocycles. The van der Waals surface area contributed by atoms with Gasteiger partial charge in [-0.05, 0) is 12.0 Å². The Hall–Kier alpha value is -1.89. The molecule has 0 aromatic rings. The fourth-order valence-corrected chi connectivity index (χ4v) is 2.86. The van der Waals surface area contributed by atoms with Gasteiger partial charge in [0.15, 0.2) is 0 Å². The molecule has 1 N–H and O–H groups in total. The monoisotopic (exact) mass is 398 g/mol. The average molecular weight is 398 g/mol. The first-order chi connectivity index (χ1) is 13.0. The molecule has 0 aliphatic heterocycles. The summed E-state index contributed by atoms with van der Waals surface area (Å²) in [5, 5.41) is 10.5. The average Bonchev–Trinajstić information content (AvgIpc) is 2.91. The second-order valence-electron chi connectivity index (χ2n) is 8.16. The summed E-state index contributed by atoms with van der Waals surface area (Å²) in [5.41, 5.74) is 0.721. The number of hydrogen-bond acceptors (Lipinski definition) is 7. The zero-order valence-corrected chi connectivity index (χ0v) is 17.8. The van der Waals surface area contributed by atoms with Gasteiger partial charge in [0, 0.05) is 11.8 Å². The van der Waals surface area contributed by atoms with E-state index in [-0.39, 0.29) is 67.3 Å². The first-order valence-electron chi connectivity index (χ1n) is 9.93. The molecule has 28 heavy (non-hydrogen) atoms. The minimum atomic E-state index is -0.784. The van der Waals surface area contributed by atoms with Crippen molar-refractivity contribution in [2.45, 2.75) is 54.1 Å². The Morgan fingerprint density at radius 2 is 1.39 bits per heavy atom. The smallest absolute Gasteiger partial charge is 0.308 e. The summed E-state index contributed by atoms with van der Waals surface area (Å²) < 4.78 is 15.9. The first kappa shape index (κ1) is 24.1. The molecule has 0 radical (unpaired) electrons. The normalized spacial score (nSPS) is 21.8. The van der Waals surface area contributed by atoms with Crippen LogP contribution in [0.15, 0.2) is 11.6 Å². The standard InChI is InChI=1S/C21H34O7/c1-12(2)19(23)26-8-7-16-17(11-28-21(25)14(5)6)15(9-18(16)22)10-27-20(24)13(3)4/h9,12-14,16-18,22H,7-8,10-11H2,1-6H3/t16-,17-,18-/m1/s1. The van der Waals surface area contributed by atoms with Gasteiger partial charge < -0.3 is 19.3 Å². The van der Waals surface area contributed by atoms with Crippen LogP contribution in [0.4, 0.5) is 0 Å². The van der Waals surface area contributed by atoms with E-state index in [1.807, 2.05) is 0 Å². The third-order valence-corrected chi connectivity index (χ3v) is 4.71. The quantitative estimate of drug-likeness (QED) is 0.343. The minimum absolute atomic E-state index is 0.0419. The van der Waals surface area contributed by atoms with Gasteiger partial charge in [-0.3, -0.25) is 14.4 Å². The van der Waals surface area contributed by atoms with E-state index in [2.05, 4.69) is 0 Å². The Labute approximate surface area is 167 Å². The van der Waals surface area contributed by atoms with Crippen molar-refractivity contribution in [3.8, 4) is 0 Å². The van der Waals surface area contributed by atoms with Crippen molar-refractivity contribution >= 4 is 17.9 Å². The number of carbonyl (C=O) groups excluding carboxylic acids is 3. The molecular weight excluding hydrogens is 364 g/mol. The highest BCUT2D eigenvalue weighted by atomic mass is 16.5. The summed E-state index contributed by atoms with van der Waals surface area (Å²) in [6.45, 7) is 10.8. The van der Waals surface area contributed by atoms with Crippen molar-refractivity contribution in [2.24, 2.45) is 29.6 Å². The van der Waals surface area contributed by atoms with Crippen molar-refractivity contribution < 1.29 is 33.7 Å². The molecule has 1 aliphatic rings. The van der Waals surface area contributed by atoms with Crippen molar-refractivity contribution in [2.75, 3.05) is 19.8 Å². The minimum Gasteiger partial charge on any atom is -0.465 e. The lowest BCUT2D eigenvalue weighted by Crippen LogP contribution is -2.29. The Morgan fingerprint density at radius 3 is 1.93 bits per heavy atom. The van der Waals surface area contributed by atoms with Crippen molar-refractivity contribution in [1.82, 2.24) is 0 Å². The molecule has 0 fully saturated rings. The van der Waals surface area contributed by atoms with E-state index >= 15 is 0 Å². The molecule has 1 rings (SSSR count). The zero-order chi connectivity index (χ0) is 21.4. The maximum absolute atomic E-state index is 11.9. The number of hydrogen-bond donors (Lipinski definition) is 1. The van der Waals surface area contributed by atoms with E-state index in [0.29, 0.717) is 6.42 Å². The summed E-state index contributed by atoms with van der Waals surface area (Å²) in [7, 11) is 0. The molecule has 0 aromatic carbocycles. The molecular formula is C21H34O7. The molecule has 160 valence electrons. The first-order valence-corrected chi connectivity index (χ1v) is 9.93. The van der Waals surface area contributed by atoms with E-state index in [1.165, 1.54) is 0 Å². The van der Waals surface area contributed by atoms with Crippen LogP contribution in [0, 0.1) is 29.6 Å². The number of carbonyl (C=O) groups is 3. The van der Waals surface area contributed by atoms with Crippen LogP contribution in [0.1, 0.15) is 48.0 Å². The van der Waals surface area contributed by atoms with E-state index in [1.54, 1.807) is 47.6 Å². The molecule has 0 saturated heterocycles. The van der Waals surface area contributed by atoms with Crippen LogP contribution in [-0.4, -0.2) is 48.9 Å². The van der Waals surface area contributed by atoms with E-state index in [0.717, 1.165) is 5.57 Å². The predicted octanol–water partition coefficient (Wildman–Crippen LogP) is 2.51. The van der Waals surface area contributed by atoms with E-state index < -0.39 is 6.10 Å². The Bertz CT molecular complexity index is 577. The van der Waals surface area contributed by atoms with Gasteiger partial charge in [0.05, 0.1) is 37.1 Å². The van der Waals surface area contributed by atoms with Gasteiger partial charge in [-0.2, -0.15) is 0 Å². The largest absolute Gasteiger partial charge is 0.465 e. The molecule has 0 aromatic heterocycles. The second kappa shape index (κ2) is 11.2. The Morgan fingerprint density at radius 1 is 0.893 bits per heavy atom. The maximum atomic E-state index is 11.9. The van der Waals surface area contributed by atoms with Crippen LogP contribution in [0.25, 0.3) is 0 Å². The topological polar surface area (TPSA) is 99.1 Å². The molecule has 0 unspecified atom stereocenters. The SMILES string of the molecule is CC(C)C(=O)OCC[C@H]1[C@H](O)C=C(COC(=O)C(C)C)[C@H]1COC(=O)C(C)C. The predicted molar refractivity (Wildman–Crippen MR) is 103 cm³/mol. The summed E-state index contributed by atoms with van der Waals surface area (Å²) in [5.74, 6) is -2.27. The molecule has 0 amide bonds. The molecule has 0 bridgehead atoms. The summed E-state index contributed by atoms with van der Waals surface area (Å²) in [4.78, 5) is 35.3. The molecule has 7 heteroatoms. The lowest BCUT2D eigenvalue weighted by atomic mass is 9.88. The summed E-state index contributed by atoms with van der Waals surface area (Å²) in [6.07, 6.45) is 1.28. The highest BCUT2D eigenvalue weighted by molar-refractivity contribution is 5.72. The van der Waals surface area contributed by atoms with Gasteiger partial charge in [-0.15, -0.1) is 0 Å². The van der Waals surface area contributed by atoms with Gasteiger partial charge in [0.2, 0.25) is 0 Å². The Kier molecular flexibility index (Phi) is 9.65. The highest BCUT2D eigenvalue weighted by Crippen LogP contribution is 2.35. The van der Waals surface area contributed by atoms with E-state index in [4.69, 9.17) is 14.2 Å². The van der Waals surface area contributed by atoms with Crippen LogP contribution in [-0.2, 0) is 28.6 Å². The van der Waals surface area contributed by atoms with Crippen LogP contribution in [0.5, 0.6) is 0 Å². The van der Waals surface area contributed by atoms with Gasteiger partial charge in [0.25, 0.3) is 0 Å². The lowest BCUT2D eigenvalue weighted by molar-refractivity contribution is -0.150.